The van der Waals surface area contributed by atoms with Gasteiger partial charge in [0.1, 0.15) is 29.7 Å². The lowest BCUT2D eigenvalue weighted by atomic mass is 9.55. The predicted octanol–water partition coefficient (Wildman–Crippen LogP) is 6.46. The number of hydrogen-bond donors (Lipinski definition) is 2. The molecular formula is C41H61N3O8. The maximum Gasteiger partial charge on any atom is 0.409 e. The van der Waals surface area contributed by atoms with Gasteiger partial charge in [0.2, 0.25) is 5.79 Å². The Bertz CT molecular complexity index is 1440. The Labute approximate surface area is 310 Å². The van der Waals surface area contributed by atoms with Crippen molar-refractivity contribution in [2.45, 2.75) is 95.5 Å². The zero-order valence-corrected chi connectivity index (χ0v) is 31.8. The van der Waals surface area contributed by atoms with Crippen molar-refractivity contribution in [1.29, 1.82) is 0 Å². The molecule has 288 valence electrons. The van der Waals surface area contributed by atoms with E-state index in [-0.39, 0.29) is 50.1 Å². The minimum Gasteiger partial charge on any atom is -0.492 e. The van der Waals surface area contributed by atoms with Crippen molar-refractivity contribution in [2.75, 3.05) is 59.7 Å². The number of amides is 1. The van der Waals surface area contributed by atoms with Crippen molar-refractivity contribution in [3.63, 3.8) is 0 Å². The van der Waals surface area contributed by atoms with Gasteiger partial charge >= 0.3 is 6.09 Å². The van der Waals surface area contributed by atoms with E-state index in [4.69, 9.17) is 28.9 Å². The number of carbonyl (C=O) groups excluding carboxylic acids is 1. The van der Waals surface area contributed by atoms with Crippen LogP contribution in [-0.2, 0) is 14.3 Å². The maximum atomic E-state index is 13.7. The fourth-order valence-electron chi connectivity index (χ4n) is 8.06. The van der Waals surface area contributed by atoms with Crippen LogP contribution in [0.1, 0.15) is 83.6 Å². The van der Waals surface area contributed by atoms with E-state index in [1.807, 2.05) is 32.9 Å². The largest absolute Gasteiger partial charge is 0.492 e. The summed E-state index contributed by atoms with van der Waals surface area (Å²) in [5.41, 5.74) is 2.23. The number of oxime groups is 1. The van der Waals surface area contributed by atoms with Gasteiger partial charge < -0.3 is 38.9 Å². The molecule has 0 bridgehead atoms. The third-order valence-corrected chi connectivity index (χ3v) is 10.6. The fourth-order valence-corrected chi connectivity index (χ4v) is 8.06. The summed E-state index contributed by atoms with van der Waals surface area (Å²) in [7, 11) is 1.73. The monoisotopic (exact) mass is 723 g/mol. The molecule has 0 radical (unpaired) electrons. The second kappa shape index (κ2) is 18.1. The summed E-state index contributed by atoms with van der Waals surface area (Å²) in [6.07, 6.45) is 11.0. The van der Waals surface area contributed by atoms with Crippen molar-refractivity contribution in [3.05, 3.63) is 60.7 Å². The number of allylic oxidation sites excluding steroid dienone is 1. The van der Waals surface area contributed by atoms with Gasteiger partial charge in [0, 0.05) is 57.8 Å². The summed E-state index contributed by atoms with van der Waals surface area (Å²) in [5.74, 6) is -0.0657. The molecule has 5 rings (SSSR count). The van der Waals surface area contributed by atoms with Crippen LogP contribution in [0.15, 0.2) is 60.3 Å². The lowest BCUT2D eigenvalue weighted by molar-refractivity contribution is -0.253. The predicted molar refractivity (Wildman–Crippen MR) is 202 cm³/mol. The van der Waals surface area contributed by atoms with Gasteiger partial charge in [0.15, 0.2) is 0 Å². The lowest BCUT2D eigenvalue weighted by Gasteiger charge is -2.59. The van der Waals surface area contributed by atoms with Gasteiger partial charge in [-0.1, -0.05) is 36.2 Å². The Morgan fingerprint density at radius 3 is 2.52 bits per heavy atom. The van der Waals surface area contributed by atoms with E-state index in [0.29, 0.717) is 38.0 Å². The molecule has 52 heavy (non-hydrogen) atoms. The molecule has 1 aromatic carbocycles. The molecule has 6 unspecified atom stereocenters. The third-order valence-electron chi connectivity index (χ3n) is 10.6. The average Bonchev–Trinajstić information content (AvgIpc) is 3.95. The molecule has 1 saturated carbocycles. The van der Waals surface area contributed by atoms with Gasteiger partial charge in [-0.2, -0.15) is 0 Å². The average molecular weight is 724 g/mol. The number of aliphatic hydroxyl groups is 2. The Kier molecular flexibility index (Phi) is 13.9. The first kappa shape index (κ1) is 39.8. The Morgan fingerprint density at radius 2 is 1.85 bits per heavy atom. The second-order valence-electron chi connectivity index (χ2n) is 15.5. The van der Waals surface area contributed by atoms with E-state index in [1.165, 1.54) is 0 Å². The molecule has 4 aliphatic rings. The summed E-state index contributed by atoms with van der Waals surface area (Å²) < 4.78 is 26.1. The van der Waals surface area contributed by atoms with Gasteiger partial charge in [-0.15, -0.1) is 13.2 Å². The number of unbranched alkanes of at least 4 members (excludes halogenated alkanes) is 2. The molecule has 2 heterocycles. The van der Waals surface area contributed by atoms with Crippen molar-refractivity contribution in [2.24, 2.45) is 22.9 Å². The second-order valence-corrected chi connectivity index (χ2v) is 15.5. The van der Waals surface area contributed by atoms with Crippen molar-refractivity contribution < 1.29 is 38.8 Å². The van der Waals surface area contributed by atoms with Crippen LogP contribution in [-0.4, -0.2) is 109 Å². The molecule has 6 atom stereocenters. The van der Waals surface area contributed by atoms with E-state index in [2.05, 4.69) is 30.2 Å². The number of aliphatic hydroxyl groups excluding tert-OH is 2. The highest BCUT2D eigenvalue weighted by molar-refractivity contribution is 6.02. The van der Waals surface area contributed by atoms with E-state index in [1.54, 1.807) is 24.1 Å². The number of fused-ring (bicyclic) bond motifs is 2. The van der Waals surface area contributed by atoms with Crippen LogP contribution in [0.2, 0.25) is 0 Å². The van der Waals surface area contributed by atoms with Crippen LogP contribution in [0.25, 0.3) is 0 Å². The molecular weight excluding hydrogens is 662 g/mol. The standard InChI is InChI=1S/C41H61N3O8/c1-7-9-24-49-39(47)43(6)36-28-34(42-52-40(3,4)5)32-26-29(14-10-12-21-45)31(15-11-13-22-46)37-33-27-30(48-25-20-44-18-19-44)16-17-35(33)51-41(36,38(32)37)50-23-8-2/h7-8,16-17,26-27,29,31,36-38,45-46H,1-2,9-15,18-25,28H2,3-6H3. The minimum absolute atomic E-state index is 0.116. The molecule has 2 N–H and O–H groups in total. The lowest BCUT2D eigenvalue weighted by Crippen LogP contribution is -2.69. The number of hydrogen-bond acceptors (Lipinski definition) is 10. The first-order valence-electron chi connectivity index (χ1n) is 19.2. The molecule has 1 saturated heterocycles. The van der Waals surface area contributed by atoms with Crippen LogP contribution < -0.4 is 9.47 Å². The molecule has 11 heteroatoms. The van der Waals surface area contributed by atoms with Crippen molar-refractivity contribution in [1.82, 2.24) is 9.80 Å². The normalized spacial score (nSPS) is 27.1. The van der Waals surface area contributed by atoms with E-state index in [9.17, 15) is 15.0 Å². The van der Waals surface area contributed by atoms with E-state index >= 15 is 0 Å². The topological polar surface area (TPSA) is 122 Å². The minimum atomic E-state index is -1.32. The summed E-state index contributed by atoms with van der Waals surface area (Å²) >= 11 is 0. The first-order valence-corrected chi connectivity index (χ1v) is 19.2. The van der Waals surface area contributed by atoms with Gasteiger partial charge in [-0.3, -0.25) is 4.90 Å². The van der Waals surface area contributed by atoms with Crippen LogP contribution in [0, 0.1) is 17.8 Å². The maximum absolute atomic E-state index is 13.7. The summed E-state index contributed by atoms with van der Waals surface area (Å²) in [6, 6.07) is 5.42. The first-order chi connectivity index (χ1) is 25.1. The number of likely N-dealkylation sites (N-methyl/N-ethyl adjacent to an activating group) is 1. The smallest absolute Gasteiger partial charge is 0.409 e. The molecule has 0 spiro atoms. The third kappa shape index (κ3) is 9.40. The number of ether oxygens (including phenoxy) is 4. The zero-order valence-electron chi connectivity index (χ0n) is 31.8. The van der Waals surface area contributed by atoms with E-state index < -0.39 is 23.5 Å². The Morgan fingerprint density at radius 1 is 1.10 bits per heavy atom. The Balaban J connectivity index is 1.70. The number of benzene rings is 1. The van der Waals surface area contributed by atoms with E-state index in [0.717, 1.165) is 67.9 Å². The molecule has 1 aromatic rings. The highest BCUT2D eigenvalue weighted by Gasteiger charge is 2.65. The van der Waals surface area contributed by atoms with Crippen LogP contribution in [0.3, 0.4) is 0 Å². The summed E-state index contributed by atoms with van der Waals surface area (Å²) in [4.78, 5) is 23.8. The van der Waals surface area contributed by atoms with Crippen LogP contribution in [0.5, 0.6) is 11.5 Å². The summed E-state index contributed by atoms with van der Waals surface area (Å²) in [6.45, 7) is 18.0. The highest BCUT2D eigenvalue weighted by atomic mass is 16.7. The summed E-state index contributed by atoms with van der Waals surface area (Å²) in [5, 5.41) is 24.4. The van der Waals surface area contributed by atoms with Crippen LogP contribution >= 0.6 is 0 Å². The molecule has 1 amide bonds. The number of nitrogens with zero attached hydrogens (tertiary/aromatic N) is 3. The molecule has 0 aromatic heterocycles. The SMILES string of the molecule is C=CCCOC(=O)N(C)C1CC(=NOC(C)(C)C)C2=CC(CCCCO)C(CCCCO)C3c4cc(OCCN5CC5)ccc4OC1(OCC=C)C23. The molecule has 2 aliphatic heterocycles. The van der Waals surface area contributed by atoms with Gasteiger partial charge in [0.05, 0.1) is 24.8 Å². The zero-order chi connectivity index (χ0) is 37.3. The van der Waals surface area contributed by atoms with Gasteiger partial charge in [-0.05, 0) is 88.5 Å². The number of rotatable bonds is 20. The van der Waals surface area contributed by atoms with Crippen molar-refractivity contribution >= 4 is 11.8 Å². The molecule has 11 nitrogen and oxygen atoms in total. The van der Waals surface area contributed by atoms with Gasteiger partial charge in [-0.25, -0.2) is 4.79 Å². The van der Waals surface area contributed by atoms with Crippen LogP contribution in [0.4, 0.5) is 4.79 Å². The van der Waals surface area contributed by atoms with Crippen molar-refractivity contribution in [3.8, 4) is 11.5 Å². The fraction of sp³-hybridized carbons (Fsp3) is 0.659. The highest BCUT2D eigenvalue weighted by Crippen LogP contribution is 2.61. The molecule has 2 fully saturated rings. The molecule has 2 aliphatic carbocycles. The quantitative estimate of drug-likeness (QED) is 0.0676. The van der Waals surface area contributed by atoms with Gasteiger partial charge in [0.25, 0.3) is 0 Å². The Hall–Kier alpha value is -3.38. The number of carbonyl (C=O) groups is 1.